The van der Waals surface area contributed by atoms with Gasteiger partial charge in [0.15, 0.2) is 0 Å². The molecular formula is C6H7F3O4. The van der Waals surface area contributed by atoms with E-state index in [4.69, 9.17) is 0 Å². The van der Waals surface area contributed by atoms with Gasteiger partial charge in [-0.2, -0.15) is 8.78 Å². The van der Waals surface area contributed by atoms with Crippen molar-refractivity contribution in [3.05, 3.63) is 0 Å². The van der Waals surface area contributed by atoms with Crippen molar-refractivity contribution >= 4 is 11.9 Å². The topological polar surface area (TPSA) is 52.6 Å². The van der Waals surface area contributed by atoms with Crippen LogP contribution in [0.1, 0.15) is 13.3 Å². The van der Waals surface area contributed by atoms with Gasteiger partial charge >= 0.3 is 17.9 Å². The van der Waals surface area contributed by atoms with E-state index in [0.717, 1.165) is 0 Å². The van der Waals surface area contributed by atoms with Crippen LogP contribution >= 0.6 is 0 Å². The van der Waals surface area contributed by atoms with Crippen LogP contribution < -0.4 is 0 Å². The Kier molecular flexibility index (Phi) is 4.22. The second-order valence-electron chi connectivity index (χ2n) is 2.07. The summed E-state index contributed by atoms with van der Waals surface area (Å²) < 4.78 is 39.6. The number of rotatable bonds is 4. The maximum Gasteiger partial charge on any atom is 0.441 e. The molecule has 0 amide bonds. The monoisotopic (exact) mass is 200 g/mol. The molecule has 0 aromatic heterocycles. The molecule has 0 aromatic carbocycles. The number of carbonyl (C=O) groups excluding carboxylic acids is 2. The number of hydrogen-bond acceptors (Lipinski definition) is 4. The Bertz CT molecular complexity index is 204. The molecule has 0 radical (unpaired) electrons. The smallest absolute Gasteiger partial charge is 0.441 e. The number of halogens is 3. The van der Waals surface area contributed by atoms with Crippen molar-refractivity contribution in [2.75, 3.05) is 6.61 Å². The molecule has 0 spiro atoms. The van der Waals surface area contributed by atoms with E-state index in [0.29, 0.717) is 6.42 Å². The molecule has 0 N–H and O–H groups in total. The number of esters is 1. The van der Waals surface area contributed by atoms with Gasteiger partial charge < -0.3 is 4.74 Å². The fraction of sp³-hybridized carbons (Fsp3) is 0.667. The molecule has 0 heterocycles. The van der Waals surface area contributed by atoms with Gasteiger partial charge in [0, 0.05) is 4.53 Å². The Balaban J connectivity index is 4.27. The summed E-state index contributed by atoms with van der Waals surface area (Å²) in [6.45, 7) is 1.30. The van der Waals surface area contributed by atoms with Crippen LogP contribution in [0.2, 0.25) is 0 Å². The van der Waals surface area contributed by atoms with Crippen LogP contribution in [-0.2, 0) is 19.3 Å². The highest BCUT2D eigenvalue weighted by atomic mass is 19.3. The zero-order valence-electron chi connectivity index (χ0n) is 6.68. The quantitative estimate of drug-likeness (QED) is 0.501. The number of alkyl halides is 2. The highest BCUT2D eigenvalue weighted by Crippen LogP contribution is 2.17. The molecule has 13 heavy (non-hydrogen) atoms. The van der Waals surface area contributed by atoms with Crippen molar-refractivity contribution in [3.8, 4) is 0 Å². The molecule has 0 bridgehead atoms. The first-order valence-corrected chi connectivity index (χ1v) is 3.34. The highest BCUT2D eigenvalue weighted by Gasteiger charge is 2.52. The standard InChI is InChI=1S/C6H7F3O4/c1-2-3-12-4(10)6(7,8)5(11)13-9/h2-3H2,1H3. The fourth-order valence-electron chi connectivity index (χ4n) is 0.417. The fourth-order valence-corrected chi connectivity index (χ4v) is 0.417. The summed E-state index contributed by atoms with van der Waals surface area (Å²) in [7, 11) is 0. The minimum absolute atomic E-state index is 0.270. The zero-order chi connectivity index (χ0) is 10.5. The molecule has 4 nitrogen and oxygen atoms in total. The molecule has 76 valence electrons. The molecule has 0 saturated carbocycles. The first-order valence-electron chi connectivity index (χ1n) is 3.34. The van der Waals surface area contributed by atoms with E-state index in [1.807, 2.05) is 0 Å². The molecular weight excluding hydrogens is 193 g/mol. The summed E-state index contributed by atoms with van der Waals surface area (Å²) >= 11 is 0. The van der Waals surface area contributed by atoms with Crippen LogP contribution in [0.25, 0.3) is 0 Å². The third kappa shape index (κ3) is 2.92. The van der Waals surface area contributed by atoms with E-state index in [-0.39, 0.29) is 6.61 Å². The molecule has 0 aromatic rings. The van der Waals surface area contributed by atoms with Crippen molar-refractivity contribution in [3.63, 3.8) is 0 Å². The molecule has 0 unspecified atom stereocenters. The Morgan fingerprint density at radius 3 is 2.23 bits per heavy atom. The second kappa shape index (κ2) is 4.68. The number of hydrogen-bond donors (Lipinski definition) is 0. The molecule has 0 aliphatic rings. The highest BCUT2D eigenvalue weighted by molar-refractivity contribution is 6.01. The zero-order valence-corrected chi connectivity index (χ0v) is 6.68. The lowest BCUT2D eigenvalue weighted by Gasteiger charge is -2.09. The first-order chi connectivity index (χ1) is 5.96. The van der Waals surface area contributed by atoms with E-state index in [9.17, 15) is 22.9 Å². The van der Waals surface area contributed by atoms with Crippen LogP contribution in [0.4, 0.5) is 13.3 Å². The lowest BCUT2D eigenvalue weighted by atomic mass is 10.3. The molecule has 0 atom stereocenters. The maximum atomic E-state index is 12.3. The van der Waals surface area contributed by atoms with Gasteiger partial charge in [0.05, 0.1) is 6.61 Å². The molecule has 0 saturated heterocycles. The van der Waals surface area contributed by atoms with Crippen molar-refractivity contribution < 1.29 is 32.6 Å². The SMILES string of the molecule is CCCOC(=O)C(F)(F)C(=O)OF. The van der Waals surface area contributed by atoms with E-state index >= 15 is 0 Å². The van der Waals surface area contributed by atoms with Crippen LogP contribution in [-0.4, -0.2) is 24.5 Å². The summed E-state index contributed by atoms with van der Waals surface area (Å²) in [5.41, 5.74) is 0. The summed E-state index contributed by atoms with van der Waals surface area (Å²) in [6.07, 6.45) is 0.312. The van der Waals surface area contributed by atoms with Gasteiger partial charge in [0.2, 0.25) is 0 Å². The lowest BCUT2D eigenvalue weighted by Crippen LogP contribution is -2.39. The summed E-state index contributed by atoms with van der Waals surface area (Å²) in [6, 6.07) is 0. The van der Waals surface area contributed by atoms with Gasteiger partial charge in [-0.3, -0.25) is 0 Å². The van der Waals surface area contributed by atoms with Gasteiger partial charge in [-0.15, -0.1) is 0 Å². The van der Waals surface area contributed by atoms with Gasteiger partial charge in [0.25, 0.3) is 0 Å². The number of ether oxygens (including phenoxy) is 1. The Hall–Kier alpha value is -1.27. The minimum Gasteiger partial charge on any atom is -0.461 e. The minimum atomic E-state index is -4.58. The average Bonchev–Trinajstić information content (AvgIpc) is 2.12. The number of carbonyl (C=O) groups is 2. The van der Waals surface area contributed by atoms with Crippen LogP contribution in [0.5, 0.6) is 0 Å². The predicted octanol–water partition coefficient (Wildman–Crippen LogP) is 1.00. The Morgan fingerprint density at radius 1 is 1.31 bits per heavy atom. The summed E-state index contributed by atoms with van der Waals surface area (Å²) in [5.74, 6) is -9.27. The van der Waals surface area contributed by atoms with Crippen LogP contribution in [0.15, 0.2) is 0 Å². The summed E-state index contributed by atoms with van der Waals surface area (Å²) in [4.78, 5) is 22.6. The van der Waals surface area contributed by atoms with Gasteiger partial charge in [0.1, 0.15) is 0 Å². The lowest BCUT2D eigenvalue weighted by molar-refractivity contribution is -0.218. The van der Waals surface area contributed by atoms with E-state index in [2.05, 4.69) is 9.68 Å². The van der Waals surface area contributed by atoms with Gasteiger partial charge in [-0.25, -0.2) is 14.5 Å². The Labute approximate surface area is 71.5 Å². The van der Waals surface area contributed by atoms with Crippen molar-refractivity contribution in [1.82, 2.24) is 0 Å². The maximum absolute atomic E-state index is 12.3. The van der Waals surface area contributed by atoms with Gasteiger partial charge in [-0.05, 0) is 6.42 Å². The summed E-state index contributed by atoms with van der Waals surface area (Å²) in [5, 5.41) is 0. The van der Waals surface area contributed by atoms with E-state index in [1.54, 1.807) is 6.92 Å². The van der Waals surface area contributed by atoms with Crippen molar-refractivity contribution in [2.45, 2.75) is 19.3 Å². The molecule has 0 aliphatic heterocycles. The molecule has 0 rings (SSSR count). The van der Waals surface area contributed by atoms with Crippen LogP contribution in [0.3, 0.4) is 0 Å². The van der Waals surface area contributed by atoms with Gasteiger partial charge in [-0.1, -0.05) is 6.92 Å². The van der Waals surface area contributed by atoms with Crippen molar-refractivity contribution in [1.29, 1.82) is 0 Å². The largest absolute Gasteiger partial charge is 0.461 e. The van der Waals surface area contributed by atoms with Crippen molar-refractivity contribution in [2.24, 2.45) is 0 Å². The normalized spacial score (nSPS) is 10.8. The third-order valence-electron chi connectivity index (χ3n) is 1.02. The molecule has 0 aliphatic carbocycles. The Morgan fingerprint density at radius 2 is 1.85 bits per heavy atom. The molecule has 7 heteroatoms. The second-order valence-corrected chi connectivity index (χ2v) is 2.07. The molecule has 0 fully saturated rings. The van der Waals surface area contributed by atoms with E-state index in [1.165, 1.54) is 0 Å². The third-order valence-corrected chi connectivity index (χ3v) is 1.02. The first kappa shape index (κ1) is 11.7. The van der Waals surface area contributed by atoms with E-state index < -0.39 is 17.9 Å². The predicted molar refractivity (Wildman–Crippen MR) is 33.4 cm³/mol. The average molecular weight is 200 g/mol. The van der Waals surface area contributed by atoms with Crippen LogP contribution in [0, 0.1) is 0 Å².